The normalized spacial score (nSPS) is 18.8. The van der Waals surface area contributed by atoms with Gasteiger partial charge in [0.15, 0.2) is 5.13 Å². The first-order valence-electron chi connectivity index (χ1n) is 5.48. The summed E-state index contributed by atoms with van der Waals surface area (Å²) in [6, 6.07) is 0. The SMILES string of the molecule is NCCC(O)c1cnc(N2CCOCC2)s1. The summed E-state index contributed by atoms with van der Waals surface area (Å²) in [5.41, 5.74) is 5.41. The van der Waals surface area contributed by atoms with Crippen LogP contribution in [0.2, 0.25) is 0 Å². The minimum absolute atomic E-state index is 0.475. The number of aromatic nitrogens is 1. The molecular weight excluding hydrogens is 226 g/mol. The van der Waals surface area contributed by atoms with E-state index in [1.54, 1.807) is 17.5 Å². The van der Waals surface area contributed by atoms with Gasteiger partial charge in [-0.15, -0.1) is 0 Å². The van der Waals surface area contributed by atoms with Crippen molar-refractivity contribution in [3.05, 3.63) is 11.1 Å². The average Bonchev–Trinajstić information content (AvgIpc) is 2.80. The Balaban J connectivity index is 2.00. The smallest absolute Gasteiger partial charge is 0.185 e. The van der Waals surface area contributed by atoms with Crippen LogP contribution in [0.15, 0.2) is 6.20 Å². The van der Waals surface area contributed by atoms with Crippen molar-refractivity contribution in [2.45, 2.75) is 12.5 Å². The van der Waals surface area contributed by atoms with Crippen molar-refractivity contribution in [1.82, 2.24) is 4.98 Å². The van der Waals surface area contributed by atoms with Gasteiger partial charge in [0.2, 0.25) is 0 Å². The zero-order valence-electron chi connectivity index (χ0n) is 9.13. The van der Waals surface area contributed by atoms with Gasteiger partial charge in [0.1, 0.15) is 0 Å². The van der Waals surface area contributed by atoms with Crippen molar-refractivity contribution in [3.8, 4) is 0 Å². The van der Waals surface area contributed by atoms with Crippen molar-refractivity contribution < 1.29 is 9.84 Å². The van der Waals surface area contributed by atoms with Gasteiger partial charge >= 0.3 is 0 Å². The van der Waals surface area contributed by atoms with Crippen molar-refractivity contribution in [1.29, 1.82) is 0 Å². The zero-order chi connectivity index (χ0) is 11.4. The van der Waals surface area contributed by atoms with E-state index in [0.29, 0.717) is 13.0 Å². The Labute approximate surface area is 98.8 Å². The Morgan fingerprint density at radius 1 is 1.56 bits per heavy atom. The number of thiazole rings is 1. The van der Waals surface area contributed by atoms with Crippen LogP contribution in [0.3, 0.4) is 0 Å². The van der Waals surface area contributed by atoms with Crippen molar-refractivity contribution in [3.63, 3.8) is 0 Å². The third-order valence-corrected chi connectivity index (χ3v) is 3.72. The van der Waals surface area contributed by atoms with E-state index in [0.717, 1.165) is 36.3 Å². The molecule has 5 nitrogen and oxygen atoms in total. The molecule has 90 valence electrons. The summed E-state index contributed by atoms with van der Waals surface area (Å²) in [7, 11) is 0. The summed E-state index contributed by atoms with van der Waals surface area (Å²) in [4.78, 5) is 7.41. The summed E-state index contributed by atoms with van der Waals surface area (Å²) in [5, 5.41) is 10.7. The van der Waals surface area contributed by atoms with Gasteiger partial charge in [-0.2, -0.15) is 0 Å². The quantitative estimate of drug-likeness (QED) is 0.799. The van der Waals surface area contributed by atoms with Gasteiger partial charge in [0.05, 0.1) is 24.2 Å². The highest BCUT2D eigenvalue weighted by Crippen LogP contribution is 2.28. The summed E-state index contributed by atoms with van der Waals surface area (Å²) in [6.45, 7) is 3.74. The number of aliphatic hydroxyl groups is 1. The van der Waals surface area contributed by atoms with Crippen LogP contribution in [0.25, 0.3) is 0 Å². The Morgan fingerprint density at radius 3 is 3.00 bits per heavy atom. The number of nitrogens with zero attached hydrogens (tertiary/aromatic N) is 2. The Morgan fingerprint density at radius 2 is 2.31 bits per heavy atom. The minimum atomic E-state index is -0.475. The molecule has 16 heavy (non-hydrogen) atoms. The van der Waals surface area contributed by atoms with Crippen LogP contribution in [0.4, 0.5) is 5.13 Å². The van der Waals surface area contributed by atoms with Crippen molar-refractivity contribution in [2.75, 3.05) is 37.7 Å². The van der Waals surface area contributed by atoms with E-state index in [9.17, 15) is 5.11 Å². The number of nitrogens with two attached hydrogens (primary N) is 1. The van der Waals surface area contributed by atoms with Crippen LogP contribution in [0, 0.1) is 0 Å². The maximum atomic E-state index is 9.78. The van der Waals surface area contributed by atoms with E-state index in [1.807, 2.05) is 0 Å². The molecule has 3 N–H and O–H groups in total. The van der Waals surface area contributed by atoms with Crippen LogP contribution < -0.4 is 10.6 Å². The van der Waals surface area contributed by atoms with Gasteiger partial charge in [-0.1, -0.05) is 11.3 Å². The molecule has 2 heterocycles. The number of ether oxygens (including phenoxy) is 1. The minimum Gasteiger partial charge on any atom is -0.387 e. The largest absolute Gasteiger partial charge is 0.387 e. The second-order valence-electron chi connectivity index (χ2n) is 3.74. The van der Waals surface area contributed by atoms with Gasteiger partial charge in [0, 0.05) is 19.3 Å². The molecule has 1 unspecified atom stereocenters. The van der Waals surface area contributed by atoms with Gasteiger partial charge in [-0.25, -0.2) is 4.98 Å². The molecule has 1 saturated heterocycles. The monoisotopic (exact) mass is 243 g/mol. The lowest BCUT2D eigenvalue weighted by molar-refractivity contribution is 0.122. The molecule has 2 rings (SSSR count). The van der Waals surface area contributed by atoms with Gasteiger partial charge < -0.3 is 20.5 Å². The number of anilines is 1. The Kier molecular flexibility index (Phi) is 4.11. The lowest BCUT2D eigenvalue weighted by Crippen LogP contribution is -2.36. The molecule has 0 amide bonds. The molecule has 0 radical (unpaired) electrons. The standard InChI is InChI=1S/C10H17N3O2S/c11-2-1-8(14)9-7-12-10(16-9)13-3-5-15-6-4-13/h7-8,14H,1-6,11H2. The highest BCUT2D eigenvalue weighted by molar-refractivity contribution is 7.15. The van der Waals surface area contributed by atoms with Crippen molar-refractivity contribution >= 4 is 16.5 Å². The van der Waals surface area contributed by atoms with Gasteiger partial charge in [-0.3, -0.25) is 0 Å². The molecule has 1 aliphatic heterocycles. The van der Waals surface area contributed by atoms with Gasteiger partial charge in [-0.05, 0) is 13.0 Å². The third kappa shape index (κ3) is 2.70. The van der Waals surface area contributed by atoms with E-state index in [2.05, 4.69) is 9.88 Å². The molecule has 0 saturated carbocycles. The average molecular weight is 243 g/mol. The van der Waals surface area contributed by atoms with E-state index in [1.165, 1.54) is 0 Å². The second kappa shape index (κ2) is 5.58. The molecule has 1 atom stereocenters. The molecule has 0 aromatic carbocycles. The van der Waals surface area contributed by atoms with Crippen LogP contribution in [0.1, 0.15) is 17.4 Å². The number of rotatable bonds is 4. The Hall–Kier alpha value is -0.690. The summed E-state index contributed by atoms with van der Waals surface area (Å²) < 4.78 is 5.28. The molecule has 0 bridgehead atoms. The number of hydrogen-bond donors (Lipinski definition) is 2. The first-order valence-corrected chi connectivity index (χ1v) is 6.29. The van der Waals surface area contributed by atoms with Crippen LogP contribution >= 0.6 is 11.3 Å². The second-order valence-corrected chi connectivity index (χ2v) is 4.78. The number of morpholine rings is 1. The lowest BCUT2D eigenvalue weighted by Gasteiger charge is -2.26. The predicted octanol–water partition coefficient (Wildman–Crippen LogP) is 0.362. The first kappa shape index (κ1) is 11.8. The zero-order valence-corrected chi connectivity index (χ0v) is 9.95. The molecule has 0 spiro atoms. The maximum Gasteiger partial charge on any atom is 0.185 e. The third-order valence-electron chi connectivity index (χ3n) is 2.56. The maximum absolute atomic E-state index is 9.78. The molecule has 1 fully saturated rings. The molecule has 1 aromatic heterocycles. The van der Waals surface area contributed by atoms with Crippen LogP contribution in [-0.2, 0) is 4.74 Å². The highest BCUT2D eigenvalue weighted by atomic mass is 32.1. The van der Waals surface area contributed by atoms with Crippen LogP contribution in [0.5, 0.6) is 0 Å². The highest BCUT2D eigenvalue weighted by Gasteiger charge is 2.17. The summed E-state index contributed by atoms with van der Waals surface area (Å²) in [6.07, 6.45) is 1.86. The fourth-order valence-corrected chi connectivity index (χ4v) is 2.62. The lowest BCUT2D eigenvalue weighted by atomic mass is 10.2. The molecule has 1 aliphatic rings. The number of aliphatic hydroxyl groups excluding tert-OH is 1. The fourth-order valence-electron chi connectivity index (χ4n) is 1.63. The van der Waals surface area contributed by atoms with Gasteiger partial charge in [0.25, 0.3) is 0 Å². The summed E-state index contributed by atoms with van der Waals surface area (Å²) >= 11 is 1.54. The Bertz CT molecular complexity index is 326. The van der Waals surface area contributed by atoms with E-state index in [4.69, 9.17) is 10.5 Å². The molecular formula is C10H17N3O2S. The van der Waals surface area contributed by atoms with Crippen molar-refractivity contribution in [2.24, 2.45) is 5.73 Å². The first-order chi connectivity index (χ1) is 7.81. The number of hydrogen-bond acceptors (Lipinski definition) is 6. The van der Waals surface area contributed by atoms with E-state index < -0.39 is 6.10 Å². The molecule has 1 aromatic rings. The van der Waals surface area contributed by atoms with E-state index >= 15 is 0 Å². The predicted molar refractivity (Wildman–Crippen MR) is 63.8 cm³/mol. The van der Waals surface area contributed by atoms with Crippen LogP contribution in [-0.4, -0.2) is 42.9 Å². The molecule has 0 aliphatic carbocycles. The van der Waals surface area contributed by atoms with E-state index in [-0.39, 0.29) is 0 Å². The fraction of sp³-hybridized carbons (Fsp3) is 0.700. The summed E-state index contributed by atoms with van der Waals surface area (Å²) in [5.74, 6) is 0. The topological polar surface area (TPSA) is 71.6 Å². The molecule has 6 heteroatoms.